The maximum atomic E-state index is 14.7. The van der Waals surface area contributed by atoms with Crippen LogP contribution in [-0.2, 0) is 9.53 Å². The number of rotatable bonds is 5. The van der Waals surface area contributed by atoms with Gasteiger partial charge in [0, 0.05) is 11.6 Å². The first-order valence-electron chi connectivity index (χ1n) is 8.24. The summed E-state index contributed by atoms with van der Waals surface area (Å²) < 4.78 is 33.5. The highest BCUT2D eigenvalue weighted by molar-refractivity contribution is 5.85. The van der Waals surface area contributed by atoms with Crippen molar-refractivity contribution in [2.45, 2.75) is 40.2 Å². The molecule has 2 rings (SSSR count). The molecule has 0 saturated carbocycles. The fraction of sp³-hybridized carbons (Fsp3) is 0.350. The molecule has 26 heavy (non-hydrogen) atoms. The van der Waals surface area contributed by atoms with Gasteiger partial charge in [-0.2, -0.15) is 0 Å². The van der Waals surface area contributed by atoms with E-state index in [1.54, 1.807) is 45.9 Å². The summed E-state index contributed by atoms with van der Waals surface area (Å²) in [4.78, 5) is 11.7. The summed E-state index contributed by atoms with van der Waals surface area (Å²) in [5.41, 5.74) is 9.32. The van der Waals surface area contributed by atoms with E-state index in [-0.39, 0.29) is 36.8 Å². The number of carbonyl (C=O) groups excluding carboxylic acids is 1. The Kier molecular flexibility index (Phi) is 7.72. The molecule has 1 atom stereocenters. The van der Waals surface area contributed by atoms with E-state index >= 15 is 0 Å². The lowest BCUT2D eigenvalue weighted by atomic mass is 9.89. The fourth-order valence-electron chi connectivity index (χ4n) is 2.87. The first-order valence-corrected chi connectivity index (χ1v) is 8.24. The Morgan fingerprint density at radius 3 is 2.38 bits per heavy atom. The number of hydrogen-bond donors (Lipinski definition) is 1. The molecule has 2 N–H and O–H groups in total. The Hall–Kier alpha value is -1.98. The molecule has 1 unspecified atom stereocenters. The second kappa shape index (κ2) is 9.10. The number of benzene rings is 2. The van der Waals surface area contributed by atoms with E-state index < -0.39 is 17.8 Å². The van der Waals surface area contributed by atoms with Crippen LogP contribution in [0.1, 0.15) is 41.6 Å². The van der Waals surface area contributed by atoms with Gasteiger partial charge in [-0.25, -0.2) is 8.78 Å². The molecule has 0 spiro atoms. The largest absolute Gasteiger partial charge is 0.466 e. The maximum absolute atomic E-state index is 14.7. The Balaban J connectivity index is 0.00000338. The topological polar surface area (TPSA) is 52.3 Å². The molecule has 0 aliphatic heterocycles. The van der Waals surface area contributed by atoms with Gasteiger partial charge in [0.1, 0.15) is 11.6 Å². The standard InChI is InChI=1S/C20H23F2NO2.ClH/c1-5-25-19(24)10-18(23)16-9-15(11(2)12(3)20(16)22)14-7-6-8-17(21)13(14)4;/h6-9,18H,5,10,23H2,1-4H3;1H. The van der Waals surface area contributed by atoms with E-state index in [1.807, 2.05) is 0 Å². The van der Waals surface area contributed by atoms with Crippen molar-refractivity contribution in [3.05, 3.63) is 58.2 Å². The summed E-state index contributed by atoms with van der Waals surface area (Å²) >= 11 is 0. The molecule has 0 saturated heterocycles. The predicted molar refractivity (Wildman–Crippen MR) is 101 cm³/mol. The van der Waals surface area contributed by atoms with Crippen molar-refractivity contribution >= 4 is 18.4 Å². The van der Waals surface area contributed by atoms with Crippen LogP contribution in [0.15, 0.2) is 24.3 Å². The average molecular weight is 384 g/mol. The molecule has 2 aromatic rings. The number of nitrogens with two attached hydrogens (primary N) is 1. The van der Waals surface area contributed by atoms with Gasteiger partial charge in [-0.15, -0.1) is 12.4 Å². The van der Waals surface area contributed by atoms with Gasteiger partial charge in [0.25, 0.3) is 0 Å². The van der Waals surface area contributed by atoms with Gasteiger partial charge >= 0.3 is 5.97 Å². The van der Waals surface area contributed by atoms with Gasteiger partial charge in [0.2, 0.25) is 0 Å². The summed E-state index contributed by atoms with van der Waals surface area (Å²) in [7, 11) is 0. The van der Waals surface area contributed by atoms with Gasteiger partial charge < -0.3 is 10.5 Å². The molecule has 0 radical (unpaired) electrons. The molecular weight excluding hydrogens is 360 g/mol. The van der Waals surface area contributed by atoms with Crippen molar-refractivity contribution in [1.82, 2.24) is 0 Å². The lowest BCUT2D eigenvalue weighted by Gasteiger charge is -2.19. The minimum atomic E-state index is -0.828. The zero-order chi connectivity index (χ0) is 18.7. The van der Waals surface area contributed by atoms with Crippen LogP contribution in [0.2, 0.25) is 0 Å². The molecule has 0 aliphatic rings. The molecule has 6 heteroatoms. The monoisotopic (exact) mass is 383 g/mol. The van der Waals surface area contributed by atoms with E-state index in [2.05, 4.69) is 0 Å². The first kappa shape index (κ1) is 22.1. The molecule has 0 heterocycles. The SMILES string of the molecule is CCOC(=O)CC(N)c1cc(-c2cccc(F)c2C)c(C)c(C)c1F.Cl. The van der Waals surface area contributed by atoms with Crippen LogP contribution < -0.4 is 5.73 Å². The van der Waals surface area contributed by atoms with Crippen LogP contribution >= 0.6 is 12.4 Å². The molecule has 0 fully saturated rings. The van der Waals surface area contributed by atoms with Crippen LogP contribution in [0, 0.1) is 32.4 Å². The lowest BCUT2D eigenvalue weighted by molar-refractivity contribution is -0.143. The van der Waals surface area contributed by atoms with Gasteiger partial charge in [-0.3, -0.25) is 4.79 Å². The average Bonchev–Trinajstić information content (AvgIpc) is 2.56. The summed E-state index contributed by atoms with van der Waals surface area (Å²) in [6.07, 6.45) is -0.116. The Labute approximate surface area is 159 Å². The van der Waals surface area contributed by atoms with Crippen LogP contribution in [0.3, 0.4) is 0 Å². The third kappa shape index (κ3) is 4.40. The molecule has 0 aromatic heterocycles. The molecule has 3 nitrogen and oxygen atoms in total. The molecule has 0 bridgehead atoms. The normalized spacial score (nSPS) is 11.7. The van der Waals surface area contributed by atoms with Crippen molar-refractivity contribution < 1.29 is 18.3 Å². The molecule has 0 aliphatic carbocycles. The fourth-order valence-corrected chi connectivity index (χ4v) is 2.87. The van der Waals surface area contributed by atoms with E-state index in [9.17, 15) is 13.6 Å². The smallest absolute Gasteiger partial charge is 0.307 e. The highest BCUT2D eigenvalue weighted by atomic mass is 35.5. The minimum Gasteiger partial charge on any atom is -0.466 e. The van der Waals surface area contributed by atoms with Gasteiger partial charge in [0.15, 0.2) is 0 Å². The molecule has 0 amide bonds. The highest BCUT2D eigenvalue weighted by Crippen LogP contribution is 2.34. The summed E-state index contributed by atoms with van der Waals surface area (Å²) in [6.45, 7) is 7.07. The minimum absolute atomic E-state index is 0. The van der Waals surface area contributed by atoms with Crippen molar-refractivity contribution in [3.8, 4) is 11.1 Å². The summed E-state index contributed by atoms with van der Waals surface area (Å²) in [5.74, 6) is -1.24. The Morgan fingerprint density at radius 2 is 1.77 bits per heavy atom. The van der Waals surface area contributed by atoms with Crippen LogP contribution in [0.4, 0.5) is 8.78 Å². The molecule has 142 valence electrons. The summed E-state index contributed by atoms with van der Waals surface area (Å²) in [6, 6.07) is 5.58. The van der Waals surface area contributed by atoms with E-state index in [4.69, 9.17) is 10.5 Å². The van der Waals surface area contributed by atoms with Gasteiger partial charge in [-0.05, 0) is 67.6 Å². The zero-order valence-corrected chi connectivity index (χ0v) is 16.2. The number of halogens is 3. The number of esters is 1. The third-order valence-corrected chi connectivity index (χ3v) is 4.50. The second-order valence-corrected chi connectivity index (χ2v) is 6.11. The van der Waals surface area contributed by atoms with Crippen molar-refractivity contribution in [2.24, 2.45) is 5.73 Å². The van der Waals surface area contributed by atoms with Crippen LogP contribution in [0.5, 0.6) is 0 Å². The second-order valence-electron chi connectivity index (χ2n) is 6.11. The van der Waals surface area contributed by atoms with Crippen molar-refractivity contribution in [2.75, 3.05) is 6.61 Å². The van der Waals surface area contributed by atoms with Crippen molar-refractivity contribution in [3.63, 3.8) is 0 Å². The van der Waals surface area contributed by atoms with E-state index in [0.717, 1.165) is 5.56 Å². The zero-order valence-electron chi connectivity index (χ0n) is 15.4. The van der Waals surface area contributed by atoms with E-state index in [0.29, 0.717) is 22.3 Å². The lowest BCUT2D eigenvalue weighted by Crippen LogP contribution is -2.19. The first-order chi connectivity index (χ1) is 11.8. The molecule has 2 aromatic carbocycles. The van der Waals surface area contributed by atoms with Crippen molar-refractivity contribution in [1.29, 1.82) is 0 Å². The van der Waals surface area contributed by atoms with E-state index in [1.165, 1.54) is 6.07 Å². The number of carbonyl (C=O) groups is 1. The Morgan fingerprint density at radius 1 is 1.12 bits per heavy atom. The van der Waals surface area contributed by atoms with Gasteiger partial charge in [-0.1, -0.05) is 12.1 Å². The Bertz CT molecular complexity index is 809. The predicted octanol–water partition coefficient (Wildman–Crippen LogP) is 4.93. The highest BCUT2D eigenvalue weighted by Gasteiger charge is 2.21. The summed E-state index contributed by atoms with van der Waals surface area (Å²) in [5, 5.41) is 0. The number of hydrogen-bond acceptors (Lipinski definition) is 3. The number of ether oxygens (including phenoxy) is 1. The maximum Gasteiger partial charge on any atom is 0.307 e. The van der Waals surface area contributed by atoms with Gasteiger partial charge in [0.05, 0.1) is 13.0 Å². The van der Waals surface area contributed by atoms with Crippen LogP contribution in [-0.4, -0.2) is 12.6 Å². The quantitative estimate of drug-likeness (QED) is 0.744. The van der Waals surface area contributed by atoms with Crippen LogP contribution in [0.25, 0.3) is 11.1 Å². The third-order valence-electron chi connectivity index (χ3n) is 4.50. The molecular formula is C20H24ClF2NO2.